The van der Waals surface area contributed by atoms with E-state index in [2.05, 4.69) is 9.97 Å². The van der Waals surface area contributed by atoms with Gasteiger partial charge >= 0.3 is 0 Å². The first kappa shape index (κ1) is 16.7. The molecule has 0 N–H and O–H groups in total. The van der Waals surface area contributed by atoms with Crippen LogP contribution in [0.1, 0.15) is 16.8 Å². The highest BCUT2D eigenvalue weighted by Crippen LogP contribution is 2.33. The summed E-state index contributed by atoms with van der Waals surface area (Å²) in [7, 11) is 0. The summed E-state index contributed by atoms with van der Waals surface area (Å²) in [5.74, 6) is -0.473. The van der Waals surface area contributed by atoms with Crippen molar-refractivity contribution in [1.82, 2.24) is 9.97 Å². The van der Waals surface area contributed by atoms with Crippen LogP contribution in [0.25, 0.3) is 11.1 Å². The Labute approximate surface area is 155 Å². The Morgan fingerprint density at radius 1 is 1.15 bits per heavy atom. The van der Waals surface area contributed by atoms with Crippen molar-refractivity contribution in [2.24, 2.45) is 0 Å². The monoisotopic (exact) mass is 367 g/mol. The third-order valence-corrected chi connectivity index (χ3v) is 4.88. The van der Waals surface area contributed by atoms with E-state index in [4.69, 9.17) is 11.6 Å². The number of anilines is 1. The third-order valence-electron chi connectivity index (χ3n) is 4.45. The molecule has 0 saturated heterocycles. The smallest absolute Gasteiger partial charge is 0.233 e. The largest absolute Gasteiger partial charge is 0.306 e. The molecule has 3 aromatic rings. The Bertz CT molecular complexity index is 1020. The van der Waals surface area contributed by atoms with E-state index in [0.29, 0.717) is 10.6 Å². The van der Waals surface area contributed by atoms with Crippen LogP contribution in [0.4, 0.5) is 10.1 Å². The summed E-state index contributed by atoms with van der Waals surface area (Å²) in [5, 5.41) is 0.707. The van der Waals surface area contributed by atoms with Crippen molar-refractivity contribution < 1.29 is 9.18 Å². The van der Waals surface area contributed by atoms with Gasteiger partial charge in [-0.05, 0) is 47.9 Å². The Hall–Kier alpha value is -2.79. The van der Waals surface area contributed by atoms with Crippen LogP contribution in [0.3, 0.4) is 0 Å². The predicted molar refractivity (Wildman–Crippen MR) is 98.5 cm³/mol. The highest BCUT2D eigenvalue weighted by molar-refractivity contribution is 6.31. The third kappa shape index (κ3) is 3.06. The summed E-state index contributed by atoms with van der Waals surface area (Å²) < 4.78 is 13.4. The second-order valence-electron chi connectivity index (χ2n) is 6.32. The molecular weight excluding hydrogens is 353 g/mol. The maximum atomic E-state index is 13.4. The summed E-state index contributed by atoms with van der Waals surface area (Å²) in [6, 6.07) is 9.10. The van der Waals surface area contributed by atoms with Crippen LogP contribution in [-0.2, 0) is 17.8 Å². The van der Waals surface area contributed by atoms with Gasteiger partial charge in [0, 0.05) is 23.0 Å². The zero-order chi connectivity index (χ0) is 18.3. The van der Waals surface area contributed by atoms with Crippen LogP contribution < -0.4 is 4.90 Å². The molecule has 0 aliphatic carbocycles. The summed E-state index contributed by atoms with van der Waals surface area (Å²) in [6.45, 7) is 2.21. The lowest BCUT2D eigenvalue weighted by Gasteiger charge is -2.18. The molecule has 0 atom stereocenters. The summed E-state index contributed by atoms with van der Waals surface area (Å²) >= 11 is 6.10. The van der Waals surface area contributed by atoms with E-state index in [1.807, 2.05) is 31.2 Å². The quantitative estimate of drug-likeness (QED) is 0.692. The summed E-state index contributed by atoms with van der Waals surface area (Å²) in [5.41, 5.74) is 4.98. The fourth-order valence-electron chi connectivity index (χ4n) is 3.10. The number of aryl methyl sites for hydroxylation is 1. The van der Waals surface area contributed by atoms with Gasteiger partial charge in [-0.15, -0.1) is 0 Å². The van der Waals surface area contributed by atoms with Crippen molar-refractivity contribution in [3.63, 3.8) is 0 Å². The summed E-state index contributed by atoms with van der Waals surface area (Å²) in [4.78, 5) is 22.4. The van der Waals surface area contributed by atoms with Crippen LogP contribution in [0.5, 0.6) is 0 Å². The zero-order valence-electron chi connectivity index (χ0n) is 14.0. The van der Waals surface area contributed by atoms with E-state index in [1.165, 1.54) is 6.07 Å². The van der Waals surface area contributed by atoms with E-state index >= 15 is 0 Å². The van der Waals surface area contributed by atoms with Crippen molar-refractivity contribution in [3.8, 4) is 11.1 Å². The van der Waals surface area contributed by atoms with Gasteiger partial charge in [-0.25, -0.2) is 4.39 Å². The molecule has 4 rings (SSSR count). The van der Waals surface area contributed by atoms with E-state index in [0.717, 1.165) is 34.3 Å². The molecule has 1 aliphatic rings. The first-order valence-electron chi connectivity index (χ1n) is 8.16. The van der Waals surface area contributed by atoms with Gasteiger partial charge in [-0.2, -0.15) is 0 Å². The van der Waals surface area contributed by atoms with Gasteiger partial charge in [0.2, 0.25) is 5.91 Å². The number of halogens is 2. The van der Waals surface area contributed by atoms with Gasteiger partial charge in [0.1, 0.15) is 5.82 Å². The molecule has 0 fully saturated rings. The van der Waals surface area contributed by atoms with Crippen molar-refractivity contribution in [2.45, 2.75) is 19.9 Å². The van der Waals surface area contributed by atoms with Crippen molar-refractivity contribution in [2.75, 3.05) is 4.90 Å². The molecule has 0 spiro atoms. The number of pyridine rings is 2. The van der Waals surface area contributed by atoms with Gasteiger partial charge < -0.3 is 4.90 Å². The number of fused-ring (bicyclic) bond motifs is 1. The van der Waals surface area contributed by atoms with Crippen LogP contribution in [-0.4, -0.2) is 15.9 Å². The number of nitrogens with zero attached hydrogens (tertiary/aromatic N) is 3. The van der Waals surface area contributed by atoms with E-state index in [9.17, 15) is 9.18 Å². The highest BCUT2D eigenvalue weighted by Gasteiger charge is 2.29. The van der Waals surface area contributed by atoms with Gasteiger partial charge in [0.25, 0.3) is 0 Å². The van der Waals surface area contributed by atoms with Crippen molar-refractivity contribution >= 4 is 23.2 Å². The Morgan fingerprint density at radius 2 is 2.00 bits per heavy atom. The number of hydrogen-bond acceptors (Lipinski definition) is 3. The number of benzene rings is 1. The van der Waals surface area contributed by atoms with Crippen molar-refractivity contribution in [1.29, 1.82) is 0 Å². The number of aromatic nitrogens is 2. The molecule has 0 radical (unpaired) electrons. The Balaban J connectivity index is 1.71. The molecule has 0 bridgehead atoms. The minimum absolute atomic E-state index is 0.0544. The van der Waals surface area contributed by atoms with Crippen LogP contribution in [0, 0.1) is 12.7 Å². The van der Waals surface area contributed by atoms with Crippen LogP contribution >= 0.6 is 11.6 Å². The maximum absolute atomic E-state index is 13.4. The van der Waals surface area contributed by atoms with Gasteiger partial charge in [-0.1, -0.05) is 17.7 Å². The first-order valence-corrected chi connectivity index (χ1v) is 8.54. The van der Waals surface area contributed by atoms with Crippen molar-refractivity contribution in [3.05, 3.63) is 76.6 Å². The SMILES string of the molecule is Cc1cc(-c2cnc3c(c2)N(Cc2cncc(F)c2)C(=O)C3)ccc1Cl. The van der Waals surface area contributed by atoms with E-state index in [-0.39, 0.29) is 18.9 Å². The zero-order valence-corrected chi connectivity index (χ0v) is 14.8. The minimum Gasteiger partial charge on any atom is -0.306 e. The second kappa shape index (κ2) is 6.50. The van der Waals surface area contributed by atoms with Gasteiger partial charge in [0.05, 0.1) is 30.5 Å². The Morgan fingerprint density at radius 3 is 2.77 bits per heavy atom. The average molecular weight is 368 g/mol. The van der Waals surface area contributed by atoms with Crippen LogP contribution in [0.15, 0.2) is 48.9 Å². The lowest BCUT2D eigenvalue weighted by atomic mass is 10.0. The number of rotatable bonds is 3. The lowest BCUT2D eigenvalue weighted by molar-refractivity contribution is -0.117. The second-order valence-corrected chi connectivity index (χ2v) is 6.73. The van der Waals surface area contributed by atoms with Gasteiger partial charge in [-0.3, -0.25) is 14.8 Å². The molecule has 1 aromatic carbocycles. The molecule has 0 saturated carbocycles. The molecule has 2 aromatic heterocycles. The van der Waals surface area contributed by atoms with Gasteiger partial charge in [0.15, 0.2) is 0 Å². The average Bonchev–Trinajstić information content (AvgIpc) is 2.92. The van der Waals surface area contributed by atoms with E-state index < -0.39 is 5.82 Å². The molecule has 3 heterocycles. The number of carbonyl (C=O) groups is 1. The van der Waals surface area contributed by atoms with Crippen LogP contribution in [0.2, 0.25) is 5.02 Å². The van der Waals surface area contributed by atoms with E-state index in [1.54, 1.807) is 17.3 Å². The molecule has 26 heavy (non-hydrogen) atoms. The number of amides is 1. The number of carbonyl (C=O) groups excluding carboxylic acids is 1. The molecule has 4 nitrogen and oxygen atoms in total. The minimum atomic E-state index is -0.419. The number of hydrogen-bond donors (Lipinski definition) is 0. The normalized spacial score (nSPS) is 13.2. The molecular formula is C20H15ClFN3O. The molecule has 1 amide bonds. The summed E-state index contributed by atoms with van der Waals surface area (Å²) in [6.07, 6.45) is 4.72. The topological polar surface area (TPSA) is 46.1 Å². The lowest BCUT2D eigenvalue weighted by Crippen LogP contribution is -2.26. The highest BCUT2D eigenvalue weighted by atomic mass is 35.5. The molecule has 1 aliphatic heterocycles. The molecule has 130 valence electrons. The predicted octanol–water partition coefficient (Wildman–Crippen LogP) is 4.33. The molecule has 0 unspecified atom stereocenters. The maximum Gasteiger partial charge on any atom is 0.233 e. The Kier molecular flexibility index (Phi) is 4.17. The first-order chi connectivity index (χ1) is 12.5. The molecule has 6 heteroatoms. The fraction of sp³-hybridized carbons (Fsp3) is 0.150. The standard InChI is InChI=1S/C20H15ClFN3O/c1-12-4-14(2-3-17(12)21)15-6-19-18(24-9-15)7-20(26)25(19)11-13-5-16(22)10-23-8-13/h2-6,8-10H,7,11H2,1H3. The fourth-order valence-corrected chi connectivity index (χ4v) is 3.22.